The van der Waals surface area contributed by atoms with Crippen LogP contribution in [0, 0.1) is 0 Å². The Kier molecular flexibility index (Phi) is 8.61. The number of hydrogen-bond donors (Lipinski definition) is 1. The first-order valence-corrected chi connectivity index (χ1v) is 13.1. The molecule has 1 amide bonds. The van der Waals surface area contributed by atoms with Gasteiger partial charge in [0.1, 0.15) is 5.75 Å². The Morgan fingerprint density at radius 3 is 2.40 bits per heavy atom. The van der Waals surface area contributed by atoms with Crippen LogP contribution in [0.3, 0.4) is 0 Å². The first-order chi connectivity index (χ1) is 17.1. The molecule has 6 heteroatoms. The summed E-state index contributed by atoms with van der Waals surface area (Å²) in [6.07, 6.45) is 4.72. The van der Waals surface area contributed by atoms with Crippen LogP contribution >= 0.6 is 11.8 Å². The van der Waals surface area contributed by atoms with Gasteiger partial charge in [-0.05, 0) is 61.4 Å². The number of nitrogens with one attached hydrogen (secondary N) is 1. The predicted octanol–water partition coefficient (Wildman–Crippen LogP) is 6.88. The Balaban J connectivity index is 0.000000917. The molecular formula is C29H33N3O2S. The zero-order valence-electron chi connectivity index (χ0n) is 20.7. The molecule has 0 aliphatic carbocycles. The van der Waals surface area contributed by atoms with E-state index < -0.39 is 0 Å². The molecule has 5 nitrogen and oxygen atoms in total. The standard InChI is InChI=1S/C26H25N3O2S.C3H8/c1-31-20-12-9-18(10-13-20)25-21-7-3-4-8-23(21)32-24-14-11-19(17-22(24)27-25)26(30)28-29-15-5-2-6-16-29;1-3-2/h3-4,7-14,17H,2,5-6,15-16H2,1H3,(H,28,30);3H2,1-2H3. The van der Waals surface area contributed by atoms with Gasteiger partial charge in [0.15, 0.2) is 0 Å². The molecule has 2 aliphatic heterocycles. The average Bonchev–Trinajstić information content (AvgIpc) is 3.06. The Labute approximate surface area is 212 Å². The highest BCUT2D eigenvalue weighted by Gasteiger charge is 2.21. The van der Waals surface area contributed by atoms with Crippen LogP contribution < -0.4 is 10.2 Å². The summed E-state index contributed by atoms with van der Waals surface area (Å²) in [6, 6.07) is 22.0. The number of rotatable bonds is 4. The summed E-state index contributed by atoms with van der Waals surface area (Å²) in [5, 5.41) is 2.02. The van der Waals surface area contributed by atoms with Crippen LogP contribution in [0.25, 0.3) is 0 Å². The third-order valence-corrected chi connectivity index (χ3v) is 6.94. The van der Waals surface area contributed by atoms with Gasteiger partial charge in [-0.15, -0.1) is 0 Å². The van der Waals surface area contributed by atoms with Crippen LogP contribution in [0.2, 0.25) is 0 Å². The minimum atomic E-state index is -0.0809. The maximum Gasteiger partial charge on any atom is 0.265 e. The number of aliphatic imine (C=N–C) groups is 1. The van der Waals surface area contributed by atoms with Gasteiger partial charge in [-0.3, -0.25) is 10.2 Å². The highest BCUT2D eigenvalue weighted by molar-refractivity contribution is 7.99. The van der Waals surface area contributed by atoms with Crippen molar-refractivity contribution in [1.82, 2.24) is 10.4 Å². The van der Waals surface area contributed by atoms with Crippen LogP contribution in [0.5, 0.6) is 5.75 Å². The molecule has 0 radical (unpaired) electrons. The number of piperidine rings is 1. The minimum Gasteiger partial charge on any atom is -0.497 e. The Morgan fingerprint density at radius 1 is 0.971 bits per heavy atom. The Bertz CT molecular complexity index is 1180. The van der Waals surface area contributed by atoms with Crippen molar-refractivity contribution >= 4 is 29.1 Å². The number of hydrazine groups is 1. The van der Waals surface area contributed by atoms with Crippen molar-refractivity contribution in [2.45, 2.75) is 49.3 Å². The minimum absolute atomic E-state index is 0.0809. The number of benzene rings is 3. The van der Waals surface area contributed by atoms with E-state index in [1.165, 1.54) is 12.8 Å². The van der Waals surface area contributed by atoms with Crippen molar-refractivity contribution in [3.05, 3.63) is 83.4 Å². The number of carbonyl (C=O) groups excluding carboxylic acids is 1. The van der Waals surface area contributed by atoms with Crippen molar-refractivity contribution in [2.75, 3.05) is 20.2 Å². The lowest BCUT2D eigenvalue weighted by Gasteiger charge is -2.26. The van der Waals surface area contributed by atoms with Gasteiger partial charge in [0.25, 0.3) is 5.91 Å². The van der Waals surface area contributed by atoms with Gasteiger partial charge in [0, 0.05) is 39.6 Å². The lowest BCUT2D eigenvalue weighted by atomic mass is 10.0. The summed E-state index contributed by atoms with van der Waals surface area (Å²) in [4.78, 5) is 20.1. The molecule has 1 saturated heterocycles. The molecule has 2 aliphatic rings. The predicted molar refractivity (Wildman–Crippen MR) is 144 cm³/mol. The lowest BCUT2D eigenvalue weighted by molar-refractivity contribution is 0.0750. The second-order valence-corrected chi connectivity index (χ2v) is 9.75. The first kappa shape index (κ1) is 25.0. The summed E-state index contributed by atoms with van der Waals surface area (Å²) in [6.45, 7) is 6.06. The van der Waals surface area contributed by atoms with E-state index in [0.717, 1.165) is 64.0 Å². The van der Waals surface area contributed by atoms with Gasteiger partial charge in [0.2, 0.25) is 0 Å². The molecule has 1 N–H and O–H groups in total. The zero-order chi connectivity index (χ0) is 24.6. The number of methoxy groups -OCH3 is 1. The third-order valence-electron chi connectivity index (χ3n) is 5.79. The quantitative estimate of drug-likeness (QED) is 0.341. The van der Waals surface area contributed by atoms with Gasteiger partial charge in [-0.1, -0.05) is 56.7 Å². The Morgan fingerprint density at radius 2 is 1.69 bits per heavy atom. The van der Waals surface area contributed by atoms with Gasteiger partial charge < -0.3 is 4.74 Å². The van der Waals surface area contributed by atoms with E-state index in [1.54, 1.807) is 18.9 Å². The number of amides is 1. The second kappa shape index (κ2) is 12.0. The van der Waals surface area contributed by atoms with Crippen LogP contribution in [0.1, 0.15) is 61.0 Å². The van der Waals surface area contributed by atoms with Crippen LogP contribution in [-0.4, -0.2) is 36.8 Å². The Hall–Kier alpha value is -3.09. The summed E-state index contributed by atoms with van der Waals surface area (Å²) in [5.41, 5.74) is 7.47. The van der Waals surface area contributed by atoms with Gasteiger partial charge in [-0.25, -0.2) is 10.0 Å². The molecule has 0 unspecified atom stereocenters. The zero-order valence-corrected chi connectivity index (χ0v) is 21.5. The number of carbonyl (C=O) groups is 1. The van der Waals surface area contributed by atoms with E-state index in [1.807, 2.05) is 59.6 Å². The molecule has 0 atom stereocenters. The van der Waals surface area contributed by atoms with E-state index in [4.69, 9.17) is 9.73 Å². The van der Waals surface area contributed by atoms with Crippen LogP contribution in [0.4, 0.5) is 5.69 Å². The van der Waals surface area contributed by atoms with E-state index in [9.17, 15) is 4.79 Å². The van der Waals surface area contributed by atoms with Crippen LogP contribution in [0.15, 0.2) is 81.5 Å². The smallest absolute Gasteiger partial charge is 0.265 e. The molecule has 0 spiro atoms. The SMILES string of the molecule is CCC.COc1ccc(C2=Nc3cc(C(=O)NN4CCCCC4)ccc3Sc3ccccc32)cc1. The van der Waals surface area contributed by atoms with Crippen molar-refractivity contribution < 1.29 is 9.53 Å². The maximum absolute atomic E-state index is 12.9. The molecule has 0 bridgehead atoms. The van der Waals surface area contributed by atoms with Crippen LogP contribution in [-0.2, 0) is 0 Å². The molecule has 35 heavy (non-hydrogen) atoms. The molecule has 1 fully saturated rings. The van der Waals surface area contributed by atoms with Gasteiger partial charge in [0.05, 0.1) is 18.5 Å². The van der Waals surface area contributed by atoms with E-state index in [2.05, 4.69) is 31.4 Å². The van der Waals surface area contributed by atoms with E-state index >= 15 is 0 Å². The van der Waals surface area contributed by atoms with Gasteiger partial charge in [-0.2, -0.15) is 0 Å². The number of ether oxygens (including phenoxy) is 1. The second-order valence-electron chi connectivity index (χ2n) is 8.67. The molecule has 182 valence electrons. The molecule has 3 aromatic carbocycles. The summed E-state index contributed by atoms with van der Waals surface area (Å²) < 4.78 is 5.32. The molecule has 0 saturated carbocycles. The third kappa shape index (κ3) is 6.13. The average molecular weight is 488 g/mol. The maximum atomic E-state index is 12.9. The molecule has 5 rings (SSSR count). The van der Waals surface area contributed by atoms with E-state index in [-0.39, 0.29) is 5.91 Å². The fourth-order valence-electron chi connectivity index (χ4n) is 4.07. The molecule has 0 aromatic heterocycles. The first-order valence-electron chi connectivity index (χ1n) is 12.3. The fourth-order valence-corrected chi connectivity index (χ4v) is 5.07. The molecule has 3 aromatic rings. The fraction of sp³-hybridized carbons (Fsp3) is 0.310. The van der Waals surface area contributed by atoms with Crippen molar-refractivity contribution in [1.29, 1.82) is 0 Å². The van der Waals surface area contributed by atoms with E-state index in [0.29, 0.717) is 5.56 Å². The normalized spacial score (nSPS) is 14.9. The van der Waals surface area contributed by atoms with Crippen molar-refractivity contribution in [3.63, 3.8) is 0 Å². The highest BCUT2D eigenvalue weighted by atomic mass is 32.2. The number of hydrogen-bond acceptors (Lipinski definition) is 5. The molecular weight excluding hydrogens is 454 g/mol. The highest BCUT2D eigenvalue weighted by Crippen LogP contribution is 2.41. The van der Waals surface area contributed by atoms with Crippen molar-refractivity contribution in [2.24, 2.45) is 4.99 Å². The summed E-state index contributed by atoms with van der Waals surface area (Å²) in [5.74, 6) is 0.727. The topological polar surface area (TPSA) is 53.9 Å². The lowest BCUT2D eigenvalue weighted by Crippen LogP contribution is -2.45. The van der Waals surface area contributed by atoms with Gasteiger partial charge >= 0.3 is 0 Å². The number of fused-ring (bicyclic) bond motifs is 2. The van der Waals surface area contributed by atoms with Crippen molar-refractivity contribution in [3.8, 4) is 5.75 Å². The summed E-state index contributed by atoms with van der Waals surface area (Å²) >= 11 is 1.68. The number of nitrogens with zero attached hydrogens (tertiary/aromatic N) is 2. The molecule has 2 heterocycles. The monoisotopic (exact) mass is 487 g/mol. The largest absolute Gasteiger partial charge is 0.497 e. The summed E-state index contributed by atoms with van der Waals surface area (Å²) in [7, 11) is 1.66.